The van der Waals surface area contributed by atoms with Gasteiger partial charge < -0.3 is 52.5 Å². The number of benzene rings is 6. The highest BCUT2D eigenvalue weighted by Crippen LogP contribution is 2.36. The molecule has 0 saturated carbocycles. The van der Waals surface area contributed by atoms with Gasteiger partial charge in [-0.25, -0.2) is 0 Å². The van der Waals surface area contributed by atoms with Crippen LogP contribution < -0.4 is 0 Å². The Labute approximate surface area is 388 Å². The van der Waals surface area contributed by atoms with Gasteiger partial charge in [0.2, 0.25) is 0 Å². The molecule has 2 aliphatic rings. The van der Waals surface area contributed by atoms with E-state index in [0.717, 1.165) is 33.4 Å². The van der Waals surface area contributed by atoms with Crippen molar-refractivity contribution in [1.82, 2.24) is 0 Å². The second kappa shape index (κ2) is 25.1. The highest BCUT2D eigenvalue weighted by atomic mass is 16.8. The molecule has 0 amide bonds. The lowest BCUT2D eigenvalue weighted by molar-refractivity contribution is -0.372. The summed E-state index contributed by atoms with van der Waals surface area (Å²) < 4.78 is 66.5. The van der Waals surface area contributed by atoms with E-state index in [2.05, 4.69) is 0 Å². The van der Waals surface area contributed by atoms with Crippen LogP contribution in [0, 0.1) is 0 Å². The van der Waals surface area contributed by atoms with Gasteiger partial charge in [0.25, 0.3) is 0 Å². The van der Waals surface area contributed by atoms with Crippen molar-refractivity contribution in [2.24, 2.45) is 0 Å². The van der Waals surface area contributed by atoms with Gasteiger partial charge in [-0.05, 0) is 33.4 Å². The van der Waals surface area contributed by atoms with Crippen LogP contribution in [0.2, 0.25) is 0 Å². The third kappa shape index (κ3) is 13.5. The van der Waals surface area contributed by atoms with E-state index >= 15 is 0 Å². The number of hydrogen-bond acceptors (Lipinski definition) is 11. The van der Waals surface area contributed by atoms with Crippen LogP contribution >= 0.6 is 0 Å². The third-order valence-corrected chi connectivity index (χ3v) is 11.7. The molecule has 2 fully saturated rings. The van der Waals surface area contributed by atoms with E-state index in [4.69, 9.17) is 47.4 Å². The highest BCUT2D eigenvalue weighted by Gasteiger charge is 2.54. The summed E-state index contributed by atoms with van der Waals surface area (Å²) in [6.45, 7) is 1.79. The van der Waals surface area contributed by atoms with Gasteiger partial charge in [-0.1, -0.05) is 182 Å². The average Bonchev–Trinajstić information content (AvgIpc) is 3.37. The molecule has 66 heavy (non-hydrogen) atoms. The molecule has 0 radical (unpaired) electrons. The topological polar surface area (TPSA) is 113 Å². The lowest BCUT2D eigenvalue weighted by atomic mass is 9.96. The second-order valence-corrected chi connectivity index (χ2v) is 16.5. The number of aliphatic hydroxyl groups is 1. The van der Waals surface area contributed by atoms with Crippen LogP contribution in [0.15, 0.2) is 182 Å². The first kappa shape index (κ1) is 47.4. The van der Waals surface area contributed by atoms with Crippen molar-refractivity contribution < 1.29 is 52.5 Å². The molecule has 0 aliphatic carbocycles. The van der Waals surface area contributed by atoms with Gasteiger partial charge in [-0.3, -0.25) is 0 Å². The fourth-order valence-electron chi connectivity index (χ4n) is 8.21. The van der Waals surface area contributed by atoms with Crippen LogP contribution in [0.3, 0.4) is 0 Å². The van der Waals surface area contributed by atoms with E-state index < -0.39 is 61.4 Å². The van der Waals surface area contributed by atoms with Gasteiger partial charge in [0.15, 0.2) is 12.6 Å². The third-order valence-electron chi connectivity index (χ3n) is 11.7. The van der Waals surface area contributed by atoms with Crippen molar-refractivity contribution in [3.05, 3.63) is 215 Å². The fourth-order valence-corrected chi connectivity index (χ4v) is 8.21. The molecule has 2 heterocycles. The fraction of sp³-hybridized carbons (Fsp3) is 0.345. The van der Waals surface area contributed by atoms with Gasteiger partial charge in [-0.2, -0.15) is 0 Å². The van der Waals surface area contributed by atoms with Crippen LogP contribution in [0.5, 0.6) is 0 Å². The molecule has 2 saturated heterocycles. The van der Waals surface area contributed by atoms with Crippen LogP contribution in [-0.4, -0.2) is 86.8 Å². The van der Waals surface area contributed by atoms with Crippen molar-refractivity contribution >= 4 is 0 Å². The predicted molar refractivity (Wildman–Crippen MR) is 247 cm³/mol. The minimum absolute atomic E-state index is 0.0600. The molecule has 0 spiro atoms. The van der Waals surface area contributed by atoms with Crippen molar-refractivity contribution in [3.8, 4) is 0 Å². The molecule has 11 heteroatoms. The summed E-state index contributed by atoms with van der Waals surface area (Å²) >= 11 is 0. The minimum Gasteiger partial charge on any atom is -0.387 e. The first-order chi connectivity index (χ1) is 32.6. The molecule has 0 bridgehead atoms. The zero-order valence-electron chi connectivity index (χ0n) is 37.3. The van der Waals surface area contributed by atoms with E-state index in [-0.39, 0.29) is 39.6 Å². The Morgan fingerprint density at radius 3 is 1.08 bits per heavy atom. The van der Waals surface area contributed by atoms with Crippen molar-refractivity contribution in [3.63, 3.8) is 0 Å². The summed E-state index contributed by atoms with van der Waals surface area (Å²) in [5.74, 6) is 0. The lowest BCUT2D eigenvalue weighted by Gasteiger charge is -2.49. The average molecular weight is 897 g/mol. The number of aliphatic hydroxyl groups excluding tert-OH is 1. The first-order valence-electron chi connectivity index (χ1n) is 22.6. The minimum atomic E-state index is -1.26. The maximum absolute atomic E-state index is 12.5. The summed E-state index contributed by atoms with van der Waals surface area (Å²) in [5.41, 5.74) is 5.82. The first-order valence-corrected chi connectivity index (χ1v) is 22.6. The molecule has 6 aromatic carbocycles. The number of ether oxygens (including phenoxy) is 10. The summed E-state index contributed by atoms with van der Waals surface area (Å²) in [5, 5.41) is 12.5. The lowest BCUT2D eigenvalue weighted by Crippen LogP contribution is -2.66. The van der Waals surface area contributed by atoms with Crippen molar-refractivity contribution in [1.29, 1.82) is 0 Å². The molecule has 6 aromatic rings. The Hall–Kier alpha value is -5.12. The smallest absolute Gasteiger partial charge is 0.187 e. The van der Waals surface area contributed by atoms with Gasteiger partial charge >= 0.3 is 0 Å². The summed E-state index contributed by atoms with van der Waals surface area (Å²) in [6.07, 6.45) is -9.22. The maximum Gasteiger partial charge on any atom is 0.187 e. The van der Waals surface area contributed by atoms with Crippen LogP contribution in [0.25, 0.3) is 0 Å². The monoisotopic (exact) mass is 896 g/mol. The number of hydrogen-bond donors (Lipinski definition) is 1. The van der Waals surface area contributed by atoms with Crippen molar-refractivity contribution in [2.75, 3.05) is 20.3 Å². The quantitative estimate of drug-likeness (QED) is 0.0668. The van der Waals surface area contributed by atoms with E-state index in [1.807, 2.05) is 182 Å². The molecular weight excluding hydrogens is 837 g/mol. The molecule has 10 atom stereocenters. The standard InChI is InChI=1S/C55H60O11/c1-57-54-51(61-35-43-26-14-5-15-27-43)48(56)49(46(64-54)38-58-32-40-20-8-2-9-21-40)66-55-53(63-37-45-30-18-7-19-31-45)52(62-36-44-28-16-6-17-29-44)50(60-34-42-24-12-4-13-25-42)47(65-55)39-59-33-41-22-10-3-11-23-41/h2-31,46-56H,32-39H2,1H3/t46-,47-,48+,49+,50-,51-,52+,53+,54+,55+/m1/s1. The molecule has 1 N–H and O–H groups in total. The van der Waals surface area contributed by atoms with Crippen LogP contribution in [0.1, 0.15) is 33.4 Å². The Bertz CT molecular complexity index is 2220. The number of rotatable bonds is 23. The second-order valence-electron chi connectivity index (χ2n) is 16.5. The Morgan fingerprint density at radius 1 is 0.364 bits per heavy atom. The summed E-state index contributed by atoms with van der Waals surface area (Å²) in [7, 11) is 1.53. The molecule has 8 rings (SSSR count). The molecule has 11 nitrogen and oxygen atoms in total. The zero-order chi connectivity index (χ0) is 45.2. The van der Waals surface area contributed by atoms with Gasteiger partial charge in [0.05, 0.1) is 52.9 Å². The maximum atomic E-state index is 12.5. The summed E-state index contributed by atoms with van der Waals surface area (Å²) in [6, 6.07) is 59.5. The van der Waals surface area contributed by atoms with Crippen molar-refractivity contribution in [2.45, 2.75) is 101 Å². The van der Waals surface area contributed by atoms with Gasteiger partial charge in [0, 0.05) is 7.11 Å². The molecule has 0 aromatic heterocycles. The normalized spacial score (nSPS) is 25.4. The van der Waals surface area contributed by atoms with Crippen LogP contribution in [-0.2, 0) is 87.0 Å². The Kier molecular flexibility index (Phi) is 18.0. The molecule has 2 aliphatic heterocycles. The Morgan fingerprint density at radius 2 is 0.682 bits per heavy atom. The SMILES string of the molecule is CO[C@H]1O[C@H](COCc2ccccc2)[C@H](O[C@@H]2O[C@H](COCc3ccccc3)[C@@H](OCc3ccccc3)[C@H](OCc3ccccc3)[C@@H]2OCc2ccccc2)[C@H](O)[C@H]1OCc1ccccc1. The zero-order valence-corrected chi connectivity index (χ0v) is 37.3. The van der Waals surface area contributed by atoms with E-state index in [1.54, 1.807) is 0 Å². The number of methoxy groups -OCH3 is 1. The largest absolute Gasteiger partial charge is 0.387 e. The predicted octanol–water partition coefficient (Wildman–Crippen LogP) is 8.60. The van der Waals surface area contributed by atoms with E-state index in [0.29, 0.717) is 13.2 Å². The Balaban J connectivity index is 1.14. The molecule has 0 unspecified atom stereocenters. The summed E-state index contributed by atoms with van der Waals surface area (Å²) in [4.78, 5) is 0. The molecular formula is C55H60O11. The van der Waals surface area contributed by atoms with E-state index in [1.165, 1.54) is 7.11 Å². The van der Waals surface area contributed by atoms with Gasteiger partial charge in [0.1, 0.15) is 48.8 Å². The van der Waals surface area contributed by atoms with E-state index in [9.17, 15) is 5.11 Å². The highest BCUT2D eigenvalue weighted by molar-refractivity contribution is 5.18. The van der Waals surface area contributed by atoms with Crippen LogP contribution in [0.4, 0.5) is 0 Å². The molecule has 346 valence electrons. The van der Waals surface area contributed by atoms with Gasteiger partial charge in [-0.15, -0.1) is 0 Å².